The van der Waals surface area contributed by atoms with E-state index in [9.17, 15) is 9.90 Å². The van der Waals surface area contributed by atoms with Gasteiger partial charge in [0, 0.05) is 22.3 Å². The van der Waals surface area contributed by atoms with Crippen LogP contribution in [0.3, 0.4) is 0 Å². The Labute approximate surface area is 134 Å². The predicted molar refractivity (Wildman–Crippen MR) is 86.1 cm³/mol. The minimum Gasteiger partial charge on any atom is -0.388 e. The van der Waals surface area contributed by atoms with Crippen molar-refractivity contribution in [3.05, 3.63) is 28.2 Å². The van der Waals surface area contributed by atoms with Gasteiger partial charge in [0.25, 0.3) is 0 Å². The number of benzene rings is 1. The van der Waals surface area contributed by atoms with Gasteiger partial charge in [-0.25, -0.2) is 4.79 Å². The molecule has 1 aliphatic rings. The highest BCUT2D eigenvalue weighted by molar-refractivity contribution is 6.35. The zero-order valence-electron chi connectivity index (χ0n) is 11.8. The Morgan fingerprint density at radius 2 is 1.67 bits per heavy atom. The second-order valence-corrected chi connectivity index (χ2v) is 6.48. The van der Waals surface area contributed by atoms with Gasteiger partial charge in [0.2, 0.25) is 0 Å². The Morgan fingerprint density at radius 3 is 2.24 bits per heavy atom. The highest BCUT2D eigenvalue weighted by Gasteiger charge is 2.28. The molecule has 0 spiro atoms. The van der Waals surface area contributed by atoms with Gasteiger partial charge in [-0.05, 0) is 31.0 Å². The molecule has 6 heteroatoms. The number of hydrogen-bond acceptors (Lipinski definition) is 2. The number of halogens is 2. The average Bonchev–Trinajstić information content (AvgIpc) is 2.61. The second kappa shape index (κ2) is 7.34. The van der Waals surface area contributed by atoms with Crippen LogP contribution in [0.1, 0.15) is 38.5 Å². The quantitative estimate of drug-likeness (QED) is 0.727. The molecule has 2 amide bonds. The summed E-state index contributed by atoms with van der Waals surface area (Å²) in [6.45, 7) is 0.257. The number of amides is 2. The van der Waals surface area contributed by atoms with Crippen LogP contribution in [0.4, 0.5) is 10.5 Å². The maximum absolute atomic E-state index is 11.9. The molecular formula is C15H20Cl2N2O2. The number of urea groups is 1. The third-order valence-corrected chi connectivity index (χ3v) is 4.17. The smallest absolute Gasteiger partial charge is 0.319 e. The molecule has 0 radical (unpaired) electrons. The van der Waals surface area contributed by atoms with Gasteiger partial charge in [-0.3, -0.25) is 0 Å². The number of carbonyl (C=O) groups excluding carboxylic acids is 1. The van der Waals surface area contributed by atoms with Crippen molar-refractivity contribution in [2.45, 2.75) is 44.1 Å². The van der Waals surface area contributed by atoms with Crippen molar-refractivity contribution < 1.29 is 9.90 Å². The van der Waals surface area contributed by atoms with E-state index in [1.54, 1.807) is 18.2 Å². The van der Waals surface area contributed by atoms with Gasteiger partial charge in [0.1, 0.15) is 0 Å². The minimum atomic E-state index is -0.792. The van der Waals surface area contributed by atoms with Crippen molar-refractivity contribution >= 4 is 34.9 Å². The first-order valence-electron chi connectivity index (χ1n) is 7.20. The predicted octanol–water partition coefficient (Wildman–Crippen LogP) is 4.20. The van der Waals surface area contributed by atoms with Crippen LogP contribution in [0.25, 0.3) is 0 Å². The lowest BCUT2D eigenvalue weighted by Crippen LogP contribution is -2.44. The second-order valence-electron chi connectivity index (χ2n) is 5.60. The third-order valence-electron chi connectivity index (χ3n) is 3.73. The topological polar surface area (TPSA) is 61.4 Å². The highest BCUT2D eigenvalue weighted by atomic mass is 35.5. The fourth-order valence-corrected chi connectivity index (χ4v) is 3.14. The van der Waals surface area contributed by atoms with E-state index in [0.29, 0.717) is 15.7 Å². The van der Waals surface area contributed by atoms with E-state index in [0.717, 1.165) is 38.5 Å². The van der Waals surface area contributed by atoms with E-state index in [1.165, 1.54) is 0 Å². The van der Waals surface area contributed by atoms with E-state index >= 15 is 0 Å². The average molecular weight is 331 g/mol. The summed E-state index contributed by atoms with van der Waals surface area (Å²) >= 11 is 11.8. The normalized spacial score (nSPS) is 17.9. The van der Waals surface area contributed by atoms with Gasteiger partial charge in [-0.15, -0.1) is 0 Å². The van der Waals surface area contributed by atoms with Crippen LogP contribution in [-0.2, 0) is 0 Å². The number of hydrogen-bond donors (Lipinski definition) is 3. The molecule has 0 heterocycles. The summed E-state index contributed by atoms with van der Waals surface area (Å²) < 4.78 is 0. The summed E-state index contributed by atoms with van der Waals surface area (Å²) in [6.07, 6.45) is 5.77. The van der Waals surface area contributed by atoms with Gasteiger partial charge in [0.05, 0.1) is 5.60 Å². The molecule has 1 saturated carbocycles. The Balaban J connectivity index is 1.86. The molecule has 1 fully saturated rings. The number of nitrogens with one attached hydrogen (secondary N) is 2. The minimum absolute atomic E-state index is 0.257. The van der Waals surface area contributed by atoms with Gasteiger partial charge < -0.3 is 15.7 Å². The SMILES string of the molecule is O=C(NCC1(O)CCCCCC1)Nc1cc(Cl)cc(Cl)c1. The summed E-state index contributed by atoms with van der Waals surface area (Å²) in [6, 6.07) is 4.47. The van der Waals surface area contributed by atoms with Crippen LogP contribution in [0.5, 0.6) is 0 Å². The molecular weight excluding hydrogens is 311 g/mol. The summed E-state index contributed by atoms with van der Waals surface area (Å²) in [5, 5.41) is 16.8. The largest absolute Gasteiger partial charge is 0.388 e. The fourth-order valence-electron chi connectivity index (χ4n) is 2.61. The molecule has 0 unspecified atom stereocenters. The molecule has 116 valence electrons. The van der Waals surface area contributed by atoms with Crippen LogP contribution >= 0.6 is 23.2 Å². The Morgan fingerprint density at radius 1 is 1.10 bits per heavy atom. The number of carbonyl (C=O) groups is 1. The van der Waals surface area contributed by atoms with Crippen LogP contribution < -0.4 is 10.6 Å². The molecule has 0 aromatic heterocycles. The first-order valence-corrected chi connectivity index (χ1v) is 7.96. The van der Waals surface area contributed by atoms with Crippen molar-refractivity contribution in [1.82, 2.24) is 5.32 Å². The van der Waals surface area contributed by atoms with E-state index in [2.05, 4.69) is 10.6 Å². The molecule has 0 saturated heterocycles. The van der Waals surface area contributed by atoms with Crippen LogP contribution in [0.15, 0.2) is 18.2 Å². The van der Waals surface area contributed by atoms with Gasteiger partial charge in [-0.1, -0.05) is 48.9 Å². The fraction of sp³-hybridized carbons (Fsp3) is 0.533. The van der Waals surface area contributed by atoms with E-state index in [-0.39, 0.29) is 12.6 Å². The molecule has 0 bridgehead atoms. The zero-order chi connectivity index (χ0) is 15.3. The maximum Gasteiger partial charge on any atom is 0.319 e. The van der Waals surface area contributed by atoms with Crippen molar-refractivity contribution in [3.8, 4) is 0 Å². The number of aliphatic hydroxyl groups is 1. The summed E-state index contributed by atoms with van der Waals surface area (Å²) in [5.74, 6) is 0. The molecule has 3 N–H and O–H groups in total. The Kier molecular flexibility index (Phi) is 5.73. The highest BCUT2D eigenvalue weighted by Crippen LogP contribution is 2.26. The van der Waals surface area contributed by atoms with Crippen LogP contribution in [-0.4, -0.2) is 23.3 Å². The molecule has 4 nitrogen and oxygen atoms in total. The molecule has 0 aliphatic heterocycles. The molecule has 21 heavy (non-hydrogen) atoms. The van der Waals surface area contributed by atoms with Crippen molar-refractivity contribution in [2.75, 3.05) is 11.9 Å². The van der Waals surface area contributed by atoms with Gasteiger partial charge in [-0.2, -0.15) is 0 Å². The molecule has 0 atom stereocenters. The van der Waals surface area contributed by atoms with Gasteiger partial charge in [0.15, 0.2) is 0 Å². The summed E-state index contributed by atoms with van der Waals surface area (Å²) in [7, 11) is 0. The van der Waals surface area contributed by atoms with Crippen molar-refractivity contribution in [3.63, 3.8) is 0 Å². The molecule has 2 rings (SSSR count). The third kappa shape index (κ3) is 5.38. The van der Waals surface area contributed by atoms with Crippen LogP contribution in [0.2, 0.25) is 10.0 Å². The first-order chi connectivity index (χ1) is 9.97. The van der Waals surface area contributed by atoms with Crippen molar-refractivity contribution in [1.29, 1.82) is 0 Å². The maximum atomic E-state index is 11.9. The zero-order valence-corrected chi connectivity index (χ0v) is 13.3. The molecule has 1 aromatic carbocycles. The Bertz CT molecular complexity index is 480. The lowest BCUT2D eigenvalue weighted by atomic mass is 9.95. The summed E-state index contributed by atoms with van der Waals surface area (Å²) in [4.78, 5) is 11.9. The lowest BCUT2D eigenvalue weighted by Gasteiger charge is -2.26. The molecule has 1 aromatic rings. The van der Waals surface area contributed by atoms with E-state index < -0.39 is 5.60 Å². The lowest BCUT2D eigenvalue weighted by molar-refractivity contribution is 0.0281. The summed E-state index contributed by atoms with van der Waals surface area (Å²) in [5.41, 5.74) is -0.266. The van der Waals surface area contributed by atoms with Gasteiger partial charge >= 0.3 is 6.03 Å². The Hall–Kier alpha value is -0.970. The van der Waals surface area contributed by atoms with E-state index in [1.807, 2.05) is 0 Å². The molecule has 1 aliphatic carbocycles. The van der Waals surface area contributed by atoms with Crippen molar-refractivity contribution in [2.24, 2.45) is 0 Å². The number of anilines is 1. The standard InChI is InChI=1S/C15H20Cl2N2O2/c16-11-7-12(17)9-13(8-11)19-14(20)18-10-15(21)5-3-1-2-4-6-15/h7-9,21H,1-6,10H2,(H2,18,19,20). The van der Waals surface area contributed by atoms with E-state index in [4.69, 9.17) is 23.2 Å². The first kappa shape index (κ1) is 16.4. The van der Waals surface area contributed by atoms with Crippen LogP contribution in [0, 0.1) is 0 Å². The monoisotopic (exact) mass is 330 g/mol. The number of rotatable bonds is 3.